The van der Waals surface area contributed by atoms with E-state index >= 15 is 0 Å². The maximum Gasteiger partial charge on any atom is 0.355 e. The molecule has 0 saturated carbocycles. The Hall–Kier alpha value is -3.67. The van der Waals surface area contributed by atoms with E-state index in [1.807, 2.05) is 18.2 Å². The molecule has 0 aliphatic rings. The van der Waals surface area contributed by atoms with Gasteiger partial charge in [-0.3, -0.25) is 14.2 Å². The number of carbonyl (C=O) groups excluding carboxylic acids is 2. The molecule has 0 radical (unpaired) electrons. The van der Waals surface area contributed by atoms with Gasteiger partial charge in [0, 0.05) is 24.2 Å². The first-order chi connectivity index (χ1) is 14.1. The van der Waals surface area contributed by atoms with Gasteiger partial charge >= 0.3 is 5.97 Å². The maximum absolute atomic E-state index is 13.0. The molecule has 0 atom stereocenters. The maximum atomic E-state index is 13.0. The molecule has 6 heteroatoms. The summed E-state index contributed by atoms with van der Waals surface area (Å²) < 4.78 is 6.53. The van der Waals surface area contributed by atoms with Gasteiger partial charge in [-0.15, -0.1) is 0 Å². The highest BCUT2D eigenvalue weighted by atomic mass is 16.6. The molecular weight excluding hydrogens is 380 g/mol. The first-order valence-electron chi connectivity index (χ1n) is 9.52. The van der Waals surface area contributed by atoms with Crippen molar-refractivity contribution in [2.45, 2.75) is 33.3 Å². The standard InChI is InChI=1S/C24H24N2O4/c1-15(23(29)30-24(3,4)5)26-14-13-20-19(7-6-8-21(20)22(26)28)17-9-11-18(12-10-17)25-16(2)27/h6-14H,1H2,2-5H3,(H,25,27). The van der Waals surface area contributed by atoms with Crippen LogP contribution < -0.4 is 10.9 Å². The zero-order valence-electron chi connectivity index (χ0n) is 17.5. The van der Waals surface area contributed by atoms with Crippen LogP contribution in [0.3, 0.4) is 0 Å². The summed E-state index contributed by atoms with van der Waals surface area (Å²) in [5.41, 5.74) is 1.40. The number of benzene rings is 2. The number of esters is 1. The molecule has 0 unspecified atom stereocenters. The van der Waals surface area contributed by atoms with Crippen LogP contribution in [0.25, 0.3) is 27.6 Å². The number of ether oxygens (including phenoxy) is 1. The van der Waals surface area contributed by atoms with Crippen molar-refractivity contribution in [3.05, 3.63) is 71.7 Å². The SMILES string of the molecule is C=C(C(=O)OC(C)(C)C)n1ccc2c(-c3ccc(NC(C)=O)cc3)cccc2c1=O. The Kier molecular flexibility index (Phi) is 5.60. The minimum absolute atomic E-state index is 0.0399. The molecule has 6 nitrogen and oxygen atoms in total. The van der Waals surface area contributed by atoms with Gasteiger partial charge in [0.15, 0.2) is 0 Å². The van der Waals surface area contributed by atoms with Crippen LogP contribution in [-0.4, -0.2) is 22.0 Å². The average molecular weight is 404 g/mol. The van der Waals surface area contributed by atoms with Crippen LogP contribution in [0.1, 0.15) is 27.7 Å². The van der Waals surface area contributed by atoms with Gasteiger partial charge in [-0.05, 0) is 61.5 Å². The van der Waals surface area contributed by atoms with Gasteiger partial charge in [0.05, 0.1) is 0 Å². The summed E-state index contributed by atoms with van der Waals surface area (Å²) >= 11 is 0. The molecule has 3 rings (SSSR count). The fourth-order valence-corrected chi connectivity index (χ4v) is 3.11. The van der Waals surface area contributed by atoms with Crippen molar-refractivity contribution in [2.24, 2.45) is 0 Å². The number of nitrogens with one attached hydrogen (secondary N) is 1. The third-order valence-corrected chi connectivity index (χ3v) is 4.39. The van der Waals surface area contributed by atoms with Crippen molar-refractivity contribution in [3.8, 4) is 11.1 Å². The number of aromatic nitrogens is 1. The van der Waals surface area contributed by atoms with E-state index in [1.54, 1.807) is 51.1 Å². The van der Waals surface area contributed by atoms with Crippen molar-refractivity contribution in [1.82, 2.24) is 4.57 Å². The van der Waals surface area contributed by atoms with E-state index in [1.165, 1.54) is 17.7 Å². The van der Waals surface area contributed by atoms with Gasteiger partial charge in [-0.25, -0.2) is 4.79 Å². The molecule has 0 spiro atoms. The molecule has 0 bridgehead atoms. The zero-order valence-corrected chi connectivity index (χ0v) is 17.5. The Balaban J connectivity index is 2.02. The summed E-state index contributed by atoms with van der Waals surface area (Å²) in [6, 6.07) is 14.6. The van der Waals surface area contributed by atoms with E-state index < -0.39 is 11.6 Å². The Labute approximate surface area is 174 Å². The quantitative estimate of drug-likeness (QED) is 0.515. The summed E-state index contributed by atoms with van der Waals surface area (Å²) in [6.07, 6.45) is 1.53. The topological polar surface area (TPSA) is 77.4 Å². The second-order valence-corrected chi connectivity index (χ2v) is 7.96. The first kappa shape index (κ1) is 21.0. The molecule has 1 aromatic heterocycles. The van der Waals surface area contributed by atoms with Gasteiger partial charge in [-0.2, -0.15) is 0 Å². The van der Waals surface area contributed by atoms with Gasteiger partial charge in [-0.1, -0.05) is 30.8 Å². The monoisotopic (exact) mass is 404 g/mol. The number of pyridine rings is 1. The highest BCUT2D eigenvalue weighted by molar-refractivity contribution is 6.09. The normalized spacial score (nSPS) is 11.2. The molecule has 0 fully saturated rings. The molecule has 2 aromatic carbocycles. The highest BCUT2D eigenvalue weighted by Gasteiger charge is 2.21. The van der Waals surface area contributed by atoms with Crippen LogP contribution in [0.2, 0.25) is 0 Å². The van der Waals surface area contributed by atoms with Crippen molar-refractivity contribution in [2.75, 3.05) is 5.32 Å². The van der Waals surface area contributed by atoms with E-state index in [0.29, 0.717) is 11.1 Å². The summed E-state index contributed by atoms with van der Waals surface area (Å²) in [5.74, 6) is -0.785. The lowest BCUT2D eigenvalue weighted by molar-refractivity contribution is -0.147. The van der Waals surface area contributed by atoms with Crippen LogP contribution in [0.15, 0.2) is 66.1 Å². The van der Waals surface area contributed by atoms with Crippen LogP contribution in [-0.2, 0) is 14.3 Å². The number of anilines is 1. The van der Waals surface area contributed by atoms with Crippen LogP contribution >= 0.6 is 0 Å². The fourth-order valence-electron chi connectivity index (χ4n) is 3.11. The Morgan fingerprint density at radius 1 is 1.00 bits per heavy atom. The van der Waals surface area contributed by atoms with Crippen molar-refractivity contribution in [1.29, 1.82) is 0 Å². The molecule has 0 aliphatic carbocycles. The lowest BCUT2D eigenvalue weighted by Gasteiger charge is -2.20. The number of hydrogen-bond donors (Lipinski definition) is 1. The Morgan fingerprint density at radius 2 is 1.67 bits per heavy atom. The fraction of sp³-hybridized carbons (Fsp3) is 0.208. The number of nitrogens with zero attached hydrogens (tertiary/aromatic N) is 1. The molecule has 3 aromatic rings. The highest BCUT2D eigenvalue weighted by Crippen LogP contribution is 2.28. The summed E-state index contributed by atoms with van der Waals surface area (Å²) in [4.78, 5) is 36.6. The molecule has 154 valence electrons. The number of fused-ring (bicyclic) bond motifs is 1. The predicted molar refractivity (Wildman–Crippen MR) is 119 cm³/mol. The molecule has 1 heterocycles. The lowest BCUT2D eigenvalue weighted by Crippen LogP contribution is -2.29. The second kappa shape index (κ2) is 7.99. The van der Waals surface area contributed by atoms with E-state index in [-0.39, 0.29) is 17.2 Å². The van der Waals surface area contributed by atoms with Crippen molar-refractivity contribution >= 4 is 34.0 Å². The van der Waals surface area contributed by atoms with Crippen LogP contribution in [0.5, 0.6) is 0 Å². The number of carbonyl (C=O) groups is 2. The second-order valence-electron chi connectivity index (χ2n) is 7.96. The smallest absolute Gasteiger partial charge is 0.355 e. The molecule has 1 amide bonds. The molecule has 0 aliphatic heterocycles. The Morgan fingerprint density at radius 3 is 2.27 bits per heavy atom. The van der Waals surface area contributed by atoms with E-state index in [0.717, 1.165) is 16.5 Å². The van der Waals surface area contributed by atoms with Crippen molar-refractivity contribution < 1.29 is 14.3 Å². The van der Waals surface area contributed by atoms with Crippen LogP contribution in [0, 0.1) is 0 Å². The Bertz CT molecular complexity index is 1200. The first-order valence-corrected chi connectivity index (χ1v) is 9.52. The minimum Gasteiger partial charge on any atom is -0.455 e. The predicted octanol–water partition coefficient (Wildman–Crippen LogP) is 4.44. The summed E-state index contributed by atoms with van der Waals surface area (Å²) in [5, 5.41) is 3.95. The van der Waals surface area contributed by atoms with Gasteiger partial charge < -0.3 is 10.1 Å². The van der Waals surface area contributed by atoms with Crippen molar-refractivity contribution in [3.63, 3.8) is 0 Å². The molecule has 1 N–H and O–H groups in total. The van der Waals surface area contributed by atoms with Gasteiger partial charge in [0.2, 0.25) is 5.91 Å². The number of rotatable bonds is 4. The average Bonchev–Trinajstić information content (AvgIpc) is 2.66. The van der Waals surface area contributed by atoms with E-state index in [4.69, 9.17) is 4.74 Å². The lowest BCUT2D eigenvalue weighted by atomic mass is 9.99. The largest absolute Gasteiger partial charge is 0.455 e. The van der Waals surface area contributed by atoms with E-state index in [9.17, 15) is 14.4 Å². The number of amides is 1. The third-order valence-electron chi connectivity index (χ3n) is 4.39. The zero-order chi connectivity index (χ0) is 22.1. The summed E-state index contributed by atoms with van der Waals surface area (Å²) in [7, 11) is 0. The van der Waals surface area contributed by atoms with Gasteiger partial charge in [0.25, 0.3) is 5.56 Å². The molecule has 0 saturated heterocycles. The van der Waals surface area contributed by atoms with Gasteiger partial charge in [0.1, 0.15) is 11.3 Å². The molecular formula is C24H24N2O4. The summed E-state index contributed by atoms with van der Waals surface area (Å²) in [6.45, 7) is 10.5. The minimum atomic E-state index is -0.683. The third kappa shape index (κ3) is 4.49. The number of hydrogen-bond acceptors (Lipinski definition) is 4. The molecule has 30 heavy (non-hydrogen) atoms. The van der Waals surface area contributed by atoms with E-state index in [2.05, 4.69) is 11.9 Å². The van der Waals surface area contributed by atoms with Crippen LogP contribution in [0.4, 0.5) is 5.69 Å².